The minimum Gasteiger partial charge on any atom is -0.479 e. The highest BCUT2D eigenvalue weighted by Crippen LogP contribution is 2.31. The molecule has 0 unspecified atom stereocenters. The van der Waals surface area contributed by atoms with Gasteiger partial charge >= 0.3 is 11.6 Å². The van der Waals surface area contributed by atoms with Crippen LogP contribution in [0, 0.1) is 26.7 Å². The third kappa shape index (κ3) is 5.18. The number of carbonyl (C=O) groups excluding carboxylic acids is 2. The summed E-state index contributed by atoms with van der Waals surface area (Å²) in [4.78, 5) is 50.7. The van der Waals surface area contributed by atoms with Crippen molar-refractivity contribution in [3.05, 3.63) is 80.9 Å². The highest BCUT2D eigenvalue weighted by atomic mass is 16.4. The first kappa shape index (κ1) is 26.7. The summed E-state index contributed by atoms with van der Waals surface area (Å²) in [5.41, 5.74) is 2.50. The smallest absolute Gasteiger partial charge is 0.340 e. The second-order valence-corrected chi connectivity index (χ2v) is 9.78. The molecule has 2 heterocycles. The summed E-state index contributed by atoms with van der Waals surface area (Å²) in [5, 5.41) is 16.4. The Hall–Kier alpha value is -4.40. The van der Waals surface area contributed by atoms with Gasteiger partial charge in [0.25, 0.3) is 0 Å². The molecule has 9 heteroatoms. The molecular weight excluding hydrogens is 488 g/mol. The summed E-state index contributed by atoms with van der Waals surface area (Å²) in [6.45, 7) is 9.02. The standard InChI is InChI=1S/C29H30N2O7/c1-14(2)25(27(33)31-26(28(34)35)18-9-7-6-8-10-18)30-24(32)12-21-16(4)20-11-19-15(3)17(5)37-22(19)13-23(20)38-29(21)36/h6-11,13-14,25-26H,12H2,1-5H3,(H,30,32)(H,31,33)(H,34,35)/t25-,26+/m1/s1. The van der Waals surface area contributed by atoms with Crippen LogP contribution in [-0.2, 0) is 20.8 Å². The summed E-state index contributed by atoms with van der Waals surface area (Å²) >= 11 is 0. The molecule has 0 saturated heterocycles. The molecule has 3 N–H and O–H groups in total. The monoisotopic (exact) mass is 518 g/mol. The summed E-state index contributed by atoms with van der Waals surface area (Å²) < 4.78 is 11.3. The summed E-state index contributed by atoms with van der Waals surface area (Å²) in [6, 6.07) is 9.57. The molecule has 0 aliphatic rings. The van der Waals surface area contributed by atoms with Gasteiger partial charge in [0, 0.05) is 16.8 Å². The van der Waals surface area contributed by atoms with Crippen molar-refractivity contribution in [3.8, 4) is 0 Å². The van der Waals surface area contributed by atoms with Crippen LogP contribution in [0.25, 0.3) is 21.9 Å². The largest absolute Gasteiger partial charge is 0.479 e. The number of aryl methyl sites for hydroxylation is 3. The first-order chi connectivity index (χ1) is 18.0. The number of fused-ring (bicyclic) bond motifs is 2. The van der Waals surface area contributed by atoms with Crippen molar-refractivity contribution in [2.75, 3.05) is 0 Å². The van der Waals surface area contributed by atoms with Crippen molar-refractivity contribution in [1.82, 2.24) is 10.6 Å². The maximum atomic E-state index is 13.0. The van der Waals surface area contributed by atoms with Crippen molar-refractivity contribution in [3.63, 3.8) is 0 Å². The van der Waals surface area contributed by atoms with E-state index in [4.69, 9.17) is 8.83 Å². The van der Waals surface area contributed by atoms with Crippen LogP contribution < -0.4 is 16.3 Å². The third-order valence-corrected chi connectivity index (χ3v) is 6.85. The van der Waals surface area contributed by atoms with E-state index in [9.17, 15) is 24.3 Å². The molecule has 0 radical (unpaired) electrons. The molecule has 4 rings (SSSR count). The highest BCUT2D eigenvalue weighted by molar-refractivity contribution is 5.97. The van der Waals surface area contributed by atoms with Crippen LogP contribution >= 0.6 is 0 Å². The van der Waals surface area contributed by atoms with E-state index in [1.54, 1.807) is 57.2 Å². The quantitative estimate of drug-likeness (QED) is 0.299. The van der Waals surface area contributed by atoms with Crippen molar-refractivity contribution < 1.29 is 28.3 Å². The minimum atomic E-state index is -1.27. The summed E-state index contributed by atoms with van der Waals surface area (Å²) in [5.74, 6) is -2.00. The zero-order chi connectivity index (χ0) is 27.7. The van der Waals surface area contributed by atoms with Gasteiger partial charge in [0.1, 0.15) is 23.0 Å². The molecule has 0 spiro atoms. The van der Waals surface area contributed by atoms with Gasteiger partial charge in [-0.3, -0.25) is 9.59 Å². The lowest BCUT2D eigenvalue weighted by Crippen LogP contribution is -2.51. The number of furan rings is 1. The highest BCUT2D eigenvalue weighted by Gasteiger charge is 2.30. The normalized spacial score (nSPS) is 13.0. The van der Waals surface area contributed by atoms with Crippen molar-refractivity contribution in [2.45, 2.75) is 53.1 Å². The average molecular weight is 519 g/mol. The van der Waals surface area contributed by atoms with Gasteiger partial charge in [0.05, 0.1) is 12.0 Å². The van der Waals surface area contributed by atoms with Gasteiger partial charge in [-0.05, 0) is 49.4 Å². The number of carboxylic acid groups (broad SMARTS) is 1. The molecule has 4 aromatic rings. The molecular formula is C29H30N2O7. The Morgan fingerprint density at radius 3 is 2.16 bits per heavy atom. The zero-order valence-electron chi connectivity index (χ0n) is 21.9. The Balaban J connectivity index is 1.57. The molecule has 2 atom stereocenters. The zero-order valence-corrected chi connectivity index (χ0v) is 21.9. The SMILES string of the molecule is Cc1oc2cc3oc(=O)c(CC(=O)N[C@@H](C(=O)N[C@H](C(=O)O)c4ccccc4)C(C)C)c(C)c3cc2c1C. The van der Waals surface area contributed by atoms with Gasteiger partial charge in [-0.15, -0.1) is 0 Å². The van der Waals surface area contributed by atoms with Crippen LogP contribution in [0.1, 0.15) is 47.9 Å². The van der Waals surface area contributed by atoms with Crippen molar-refractivity contribution in [2.24, 2.45) is 5.92 Å². The molecule has 0 aliphatic heterocycles. The first-order valence-electron chi connectivity index (χ1n) is 12.3. The second kappa shape index (κ2) is 10.5. The minimum absolute atomic E-state index is 0.183. The van der Waals surface area contributed by atoms with Crippen LogP contribution in [0.2, 0.25) is 0 Å². The number of benzene rings is 2. The van der Waals surface area contributed by atoms with Gasteiger partial charge in [0.2, 0.25) is 11.8 Å². The fourth-order valence-corrected chi connectivity index (χ4v) is 4.51. The van der Waals surface area contributed by atoms with E-state index in [2.05, 4.69) is 10.6 Å². The van der Waals surface area contributed by atoms with Gasteiger partial charge in [0.15, 0.2) is 6.04 Å². The van der Waals surface area contributed by atoms with Gasteiger partial charge < -0.3 is 24.6 Å². The lowest BCUT2D eigenvalue weighted by Gasteiger charge is -2.24. The van der Waals surface area contributed by atoms with E-state index in [0.717, 1.165) is 16.7 Å². The molecule has 38 heavy (non-hydrogen) atoms. The van der Waals surface area contributed by atoms with E-state index in [1.165, 1.54) is 0 Å². The van der Waals surface area contributed by atoms with Gasteiger partial charge in [-0.1, -0.05) is 44.2 Å². The van der Waals surface area contributed by atoms with Crippen LogP contribution in [0.5, 0.6) is 0 Å². The van der Waals surface area contributed by atoms with Gasteiger partial charge in [-0.25, -0.2) is 9.59 Å². The van der Waals surface area contributed by atoms with Crippen LogP contribution in [0.4, 0.5) is 0 Å². The predicted octanol–water partition coefficient (Wildman–Crippen LogP) is 4.09. The average Bonchev–Trinajstić information content (AvgIpc) is 3.14. The molecule has 198 valence electrons. The Labute approximate surface area is 218 Å². The number of carbonyl (C=O) groups is 3. The Kier molecular flexibility index (Phi) is 7.39. The van der Waals surface area contributed by atoms with Crippen LogP contribution in [0.15, 0.2) is 56.1 Å². The van der Waals surface area contributed by atoms with E-state index >= 15 is 0 Å². The van der Waals surface area contributed by atoms with E-state index in [-0.39, 0.29) is 17.9 Å². The van der Waals surface area contributed by atoms with Crippen LogP contribution in [-0.4, -0.2) is 28.9 Å². The number of hydrogen-bond acceptors (Lipinski definition) is 6. The molecule has 0 saturated carbocycles. The van der Waals surface area contributed by atoms with Crippen molar-refractivity contribution >= 4 is 39.7 Å². The molecule has 0 fully saturated rings. The maximum absolute atomic E-state index is 13.0. The molecule has 9 nitrogen and oxygen atoms in total. The number of rotatable bonds is 8. The van der Waals surface area contributed by atoms with E-state index in [1.807, 2.05) is 19.9 Å². The number of hydrogen-bond donors (Lipinski definition) is 3. The summed E-state index contributed by atoms with van der Waals surface area (Å²) in [7, 11) is 0. The topological polar surface area (TPSA) is 139 Å². The predicted molar refractivity (Wildman–Crippen MR) is 142 cm³/mol. The Bertz CT molecular complexity index is 1600. The Morgan fingerprint density at radius 1 is 0.895 bits per heavy atom. The lowest BCUT2D eigenvalue weighted by molar-refractivity contribution is -0.142. The second-order valence-electron chi connectivity index (χ2n) is 9.78. The molecule has 0 bridgehead atoms. The fraction of sp³-hybridized carbons (Fsp3) is 0.310. The van der Waals surface area contributed by atoms with E-state index < -0.39 is 35.5 Å². The van der Waals surface area contributed by atoms with Crippen LogP contribution in [0.3, 0.4) is 0 Å². The number of carboxylic acids is 1. The molecule has 2 aromatic heterocycles. The maximum Gasteiger partial charge on any atom is 0.340 e. The molecule has 2 amide bonds. The van der Waals surface area contributed by atoms with Crippen molar-refractivity contribution in [1.29, 1.82) is 0 Å². The fourth-order valence-electron chi connectivity index (χ4n) is 4.51. The lowest BCUT2D eigenvalue weighted by atomic mass is 9.99. The molecule has 2 aromatic carbocycles. The van der Waals surface area contributed by atoms with Gasteiger partial charge in [-0.2, -0.15) is 0 Å². The number of aliphatic carboxylic acids is 1. The first-order valence-corrected chi connectivity index (χ1v) is 12.3. The number of nitrogens with one attached hydrogen (secondary N) is 2. The summed E-state index contributed by atoms with van der Waals surface area (Å²) in [6.07, 6.45) is -0.302. The van der Waals surface area contributed by atoms with E-state index in [0.29, 0.717) is 27.7 Å². The Morgan fingerprint density at radius 2 is 1.53 bits per heavy atom. The third-order valence-electron chi connectivity index (χ3n) is 6.85. The number of amides is 2. The molecule has 0 aliphatic carbocycles.